The molecular formula is C5H9NO2S2. The lowest BCUT2D eigenvalue weighted by molar-refractivity contribution is -0.138. The van der Waals surface area contributed by atoms with Crippen molar-refractivity contribution in [2.24, 2.45) is 5.73 Å². The second-order valence-corrected chi connectivity index (χ2v) is 4.77. The fraction of sp³-hybridized carbons (Fsp3) is 0.800. The predicted molar refractivity (Wildman–Crippen MR) is 44.3 cm³/mol. The Labute approximate surface area is 67.7 Å². The molecule has 0 amide bonds. The highest BCUT2D eigenvalue weighted by Gasteiger charge is 2.28. The molecule has 1 saturated heterocycles. The Morgan fingerprint density at radius 1 is 1.60 bits per heavy atom. The van der Waals surface area contributed by atoms with Crippen molar-refractivity contribution in [2.45, 2.75) is 10.6 Å². The standard InChI is InChI=1S/C5H9NO2S2/c6-3(4(7)8)5-9-1-2-10-5/h3,5H,1-2,6H2,(H,7,8)/t3-/m0/s1. The minimum atomic E-state index is -0.896. The molecule has 58 valence electrons. The molecule has 0 unspecified atom stereocenters. The number of carboxylic acids is 1. The van der Waals surface area contributed by atoms with Gasteiger partial charge >= 0.3 is 5.97 Å². The molecule has 10 heavy (non-hydrogen) atoms. The molecule has 0 saturated carbocycles. The Kier molecular flexibility index (Phi) is 2.88. The second kappa shape index (κ2) is 3.50. The van der Waals surface area contributed by atoms with Gasteiger partial charge in [-0.3, -0.25) is 4.79 Å². The molecule has 0 aliphatic carbocycles. The molecule has 0 aromatic rings. The molecule has 5 heteroatoms. The molecule has 0 aromatic carbocycles. The van der Waals surface area contributed by atoms with Gasteiger partial charge in [0.05, 0.1) is 4.58 Å². The van der Waals surface area contributed by atoms with Crippen molar-refractivity contribution in [3.05, 3.63) is 0 Å². The maximum absolute atomic E-state index is 10.3. The van der Waals surface area contributed by atoms with Crippen LogP contribution in [0.5, 0.6) is 0 Å². The predicted octanol–water partition coefficient (Wildman–Crippen LogP) is 0.204. The average Bonchev–Trinajstić information content (AvgIpc) is 2.36. The summed E-state index contributed by atoms with van der Waals surface area (Å²) in [5.41, 5.74) is 5.38. The summed E-state index contributed by atoms with van der Waals surface area (Å²) in [6, 6.07) is -0.697. The van der Waals surface area contributed by atoms with Crippen LogP contribution in [0.15, 0.2) is 0 Å². The van der Waals surface area contributed by atoms with E-state index in [0.29, 0.717) is 0 Å². The number of hydrogen-bond acceptors (Lipinski definition) is 4. The number of carboxylic acid groups (broad SMARTS) is 1. The quantitative estimate of drug-likeness (QED) is 0.634. The van der Waals surface area contributed by atoms with Crippen LogP contribution in [0.2, 0.25) is 0 Å². The highest BCUT2D eigenvalue weighted by Crippen LogP contribution is 2.33. The van der Waals surface area contributed by atoms with Gasteiger partial charge in [-0.2, -0.15) is 0 Å². The first-order valence-corrected chi connectivity index (χ1v) is 5.03. The van der Waals surface area contributed by atoms with Gasteiger partial charge in [0, 0.05) is 11.5 Å². The van der Waals surface area contributed by atoms with E-state index >= 15 is 0 Å². The number of thioether (sulfide) groups is 2. The number of carbonyl (C=O) groups is 1. The first-order valence-electron chi connectivity index (χ1n) is 2.93. The molecule has 1 rings (SSSR count). The molecule has 0 spiro atoms. The van der Waals surface area contributed by atoms with Crippen LogP contribution in [0.25, 0.3) is 0 Å². The van der Waals surface area contributed by atoms with Crippen LogP contribution in [0.3, 0.4) is 0 Å². The number of aliphatic carboxylic acids is 1. The monoisotopic (exact) mass is 179 g/mol. The van der Waals surface area contributed by atoms with Crippen molar-refractivity contribution >= 4 is 29.5 Å². The van der Waals surface area contributed by atoms with Gasteiger partial charge in [-0.15, -0.1) is 23.5 Å². The van der Waals surface area contributed by atoms with Gasteiger partial charge in [-0.25, -0.2) is 0 Å². The van der Waals surface area contributed by atoms with Crippen molar-refractivity contribution < 1.29 is 9.90 Å². The van der Waals surface area contributed by atoms with Crippen molar-refractivity contribution in [1.82, 2.24) is 0 Å². The van der Waals surface area contributed by atoms with E-state index in [1.54, 1.807) is 23.5 Å². The maximum atomic E-state index is 10.3. The van der Waals surface area contributed by atoms with Crippen LogP contribution < -0.4 is 5.73 Å². The highest BCUT2D eigenvalue weighted by molar-refractivity contribution is 8.20. The van der Waals surface area contributed by atoms with Crippen molar-refractivity contribution in [2.75, 3.05) is 11.5 Å². The van der Waals surface area contributed by atoms with E-state index in [1.165, 1.54) is 0 Å². The van der Waals surface area contributed by atoms with Crippen molar-refractivity contribution in [3.63, 3.8) is 0 Å². The summed E-state index contributed by atoms with van der Waals surface area (Å²) in [5, 5.41) is 8.49. The largest absolute Gasteiger partial charge is 0.480 e. The molecule has 3 nitrogen and oxygen atoms in total. The van der Waals surface area contributed by atoms with Crippen LogP contribution in [0.1, 0.15) is 0 Å². The Morgan fingerprint density at radius 2 is 2.10 bits per heavy atom. The zero-order chi connectivity index (χ0) is 7.56. The molecule has 3 N–H and O–H groups in total. The van der Waals surface area contributed by atoms with E-state index in [-0.39, 0.29) is 4.58 Å². The third kappa shape index (κ3) is 1.81. The normalized spacial score (nSPS) is 22.9. The Balaban J connectivity index is 2.39. The molecule has 1 heterocycles. The summed E-state index contributed by atoms with van der Waals surface area (Å²) in [7, 11) is 0. The van der Waals surface area contributed by atoms with Crippen LogP contribution in [0.4, 0.5) is 0 Å². The summed E-state index contributed by atoms with van der Waals surface area (Å²) in [6.07, 6.45) is 0. The number of nitrogens with two attached hydrogens (primary N) is 1. The SMILES string of the molecule is N[C@@H](C(=O)O)C1SCCS1. The van der Waals surface area contributed by atoms with E-state index in [1.807, 2.05) is 0 Å². The van der Waals surface area contributed by atoms with Crippen LogP contribution >= 0.6 is 23.5 Å². The van der Waals surface area contributed by atoms with Crippen LogP contribution in [-0.4, -0.2) is 33.2 Å². The van der Waals surface area contributed by atoms with Gasteiger partial charge < -0.3 is 10.8 Å². The smallest absolute Gasteiger partial charge is 0.322 e. The third-order valence-electron chi connectivity index (χ3n) is 1.23. The number of hydrogen-bond donors (Lipinski definition) is 2. The van der Waals surface area contributed by atoms with E-state index in [0.717, 1.165) is 11.5 Å². The maximum Gasteiger partial charge on any atom is 0.322 e. The molecule has 1 atom stereocenters. The van der Waals surface area contributed by atoms with E-state index in [9.17, 15) is 4.79 Å². The molecular weight excluding hydrogens is 170 g/mol. The van der Waals surface area contributed by atoms with E-state index < -0.39 is 12.0 Å². The van der Waals surface area contributed by atoms with Crippen LogP contribution in [0, 0.1) is 0 Å². The second-order valence-electron chi connectivity index (χ2n) is 1.97. The molecule has 0 bridgehead atoms. The molecule has 1 aliphatic rings. The van der Waals surface area contributed by atoms with Gasteiger partial charge in [-0.05, 0) is 0 Å². The first-order chi connectivity index (χ1) is 4.72. The van der Waals surface area contributed by atoms with E-state index in [4.69, 9.17) is 10.8 Å². The van der Waals surface area contributed by atoms with Crippen molar-refractivity contribution in [3.8, 4) is 0 Å². The fourth-order valence-corrected chi connectivity index (χ4v) is 3.54. The molecule has 0 aromatic heterocycles. The average molecular weight is 179 g/mol. The highest BCUT2D eigenvalue weighted by atomic mass is 32.2. The van der Waals surface area contributed by atoms with Gasteiger partial charge in [0.2, 0.25) is 0 Å². The molecule has 0 radical (unpaired) electrons. The van der Waals surface area contributed by atoms with Gasteiger partial charge in [0.15, 0.2) is 0 Å². The fourth-order valence-electron chi connectivity index (χ4n) is 0.700. The minimum absolute atomic E-state index is 0.0671. The summed E-state index contributed by atoms with van der Waals surface area (Å²) >= 11 is 3.27. The summed E-state index contributed by atoms with van der Waals surface area (Å²) in [6.45, 7) is 0. The minimum Gasteiger partial charge on any atom is -0.480 e. The third-order valence-corrected chi connectivity index (χ3v) is 4.42. The van der Waals surface area contributed by atoms with E-state index in [2.05, 4.69) is 0 Å². The van der Waals surface area contributed by atoms with Gasteiger partial charge in [0.25, 0.3) is 0 Å². The zero-order valence-corrected chi connectivity index (χ0v) is 6.95. The van der Waals surface area contributed by atoms with Gasteiger partial charge in [0.1, 0.15) is 6.04 Å². The topological polar surface area (TPSA) is 63.3 Å². The zero-order valence-electron chi connectivity index (χ0n) is 5.32. The summed E-state index contributed by atoms with van der Waals surface area (Å²) < 4.78 is 0.0671. The Bertz CT molecular complexity index is 136. The van der Waals surface area contributed by atoms with Crippen LogP contribution in [-0.2, 0) is 4.79 Å². The Morgan fingerprint density at radius 3 is 2.50 bits per heavy atom. The lowest BCUT2D eigenvalue weighted by Crippen LogP contribution is -2.37. The lowest BCUT2D eigenvalue weighted by atomic mass is 10.4. The molecule has 1 fully saturated rings. The Hall–Kier alpha value is 0.130. The van der Waals surface area contributed by atoms with Crippen molar-refractivity contribution in [1.29, 1.82) is 0 Å². The lowest BCUT2D eigenvalue weighted by Gasteiger charge is -2.11. The summed E-state index contributed by atoms with van der Waals surface area (Å²) in [5.74, 6) is 1.15. The summed E-state index contributed by atoms with van der Waals surface area (Å²) in [4.78, 5) is 10.3. The van der Waals surface area contributed by atoms with Gasteiger partial charge in [-0.1, -0.05) is 0 Å². The number of rotatable bonds is 2. The molecule has 1 aliphatic heterocycles. The first kappa shape index (κ1) is 8.23.